The van der Waals surface area contributed by atoms with E-state index in [9.17, 15) is 19.7 Å². The molecule has 7 nitrogen and oxygen atoms in total. The van der Waals surface area contributed by atoms with Crippen LogP contribution in [-0.4, -0.2) is 28.3 Å². The third-order valence-corrected chi connectivity index (χ3v) is 3.69. The van der Waals surface area contributed by atoms with Crippen LogP contribution in [0, 0.1) is 24.0 Å². The third kappa shape index (κ3) is 4.00. The summed E-state index contributed by atoms with van der Waals surface area (Å²) in [7, 11) is 0. The largest absolute Gasteiger partial charge is 0.461 e. The van der Waals surface area contributed by atoms with E-state index in [-0.39, 0.29) is 23.8 Å². The standard InChI is InChI=1S/C18H18N2O5/c1-4-25-18(22)17-11(2)16(12(3)19-17)15(21)10-7-13-5-8-14(9-6-13)20(23)24/h5-10,19H,4H2,1-3H3. The zero-order valence-corrected chi connectivity index (χ0v) is 14.2. The average Bonchev–Trinajstić information content (AvgIpc) is 2.88. The fraction of sp³-hybridized carbons (Fsp3) is 0.222. The quantitative estimate of drug-likeness (QED) is 0.284. The molecule has 1 N–H and O–H groups in total. The molecule has 1 aromatic heterocycles. The molecule has 0 saturated heterocycles. The van der Waals surface area contributed by atoms with Gasteiger partial charge in [-0.05, 0) is 50.1 Å². The van der Waals surface area contributed by atoms with Gasteiger partial charge in [0.25, 0.3) is 5.69 Å². The van der Waals surface area contributed by atoms with Crippen molar-refractivity contribution in [3.8, 4) is 0 Å². The summed E-state index contributed by atoms with van der Waals surface area (Å²) in [6.07, 6.45) is 2.95. The predicted molar refractivity (Wildman–Crippen MR) is 92.7 cm³/mol. The summed E-state index contributed by atoms with van der Waals surface area (Å²) < 4.78 is 4.96. The van der Waals surface area contributed by atoms with Crippen LogP contribution in [0.15, 0.2) is 30.3 Å². The molecule has 0 aliphatic rings. The monoisotopic (exact) mass is 342 g/mol. The van der Waals surface area contributed by atoms with Crippen molar-refractivity contribution in [1.29, 1.82) is 0 Å². The highest BCUT2D eigenvalue weighted by molar-refractivity contribution is 6.10. The lowest BCUT2D eigenvalue weighted by molar-refractivity contribution is -0.384. The molecule has 2 rings (SSSR count). The normalized spacial score (nSPS) is 10.8. The number of ether oxygens (including phenoxy) is 1. The molecule has 0 fully saturated rings. The molecule has 1 aromatic carbocycles. The van der Waals surface area contributed by atoms with Crippen LogP contribution in [0.3, 0.4) is 0 Å². The van der Waals surface area contributed by atoms with Crippen LogP contribution in [0.2, 0.25) is 0 Å². The molecule has 0 atom stereocenters. The highest BCUT2D eigenvalue weighted by Crippen LogP contribution is 2.20. The van der Waals surface area contributed by atoms with E-state index in [0.29, 0.717) is 22.4 Å². The number of carbonyl (C=O) groups is 2. The van der Waals surface area contributed by atoms with E-state index >= 15 is 0 Å². The van der Waals surface area contributed by atoms with Crippen LogP contribution in [0.5, 0.6) is 0 Å². The highest BCUT2D eigenvalue weighted by Gasteiger charge is 2.21. The molecule has 130 valence electrons. The minimum Gasteiger partial charge on any atom is -0.461 e. The molecule has 2 aromatic rings. The van der Waals surface area contributed by atoms with Gasteiger partial charge >= 0.3 is 5.97 Å². The van der Waals surface area contributed by atoms with Crippen LogP contribution >= 0.6 is 0 Å². The number of benzene rings is 1. The molecule has 0 radical (unpaired) electrons. The van der Waals surface area contributed by atoms with Crippen LogP contribution in [0.1, 0.15) is 44.6 Å². The number of hydrogen-bond donors (Lipinski definition) is 1. The Kier molecular flexibility index (Phi) is 5.49. The van der Waals surface area contributed by atoms with Gasteiger partial charge in [0.15, 0.2) is 5.78 Å². The second kappa shape index (κ2) is 7.57. The number of aromatic amines is 1. The molecule has 0 spiro atoms. The summed E-state index contributed by atoms with van der Waals surface area (Å²) in [5, 5.41) is 10.6. The predicted octanol–water partition coefficient (Wildman–Crippen LogP) is 3.61. The van der Waals surface area contributed by atoms with Gasteiger partial charge in [0.1, 0.15) is 5.69 Å². The fourth-order valence-electron chi connectivity index (χ4n) is 2.49. The van der Waals surface area contributed by atoms with Gasteiger partial charge in [-0.1, -0.05) is 6.08 Å². The van der Waals surface area contributed by atoms with Gasteiger partial charge < -0.3 is 9.72 Å². The highest BCUT2D eigenvalue weighted by atomic mass is 16.6. The lowest BCUT2D eigenvalue weighted by Crippen LogP contribution is -2.07. The van der Waals surface area contributed by atoms with Crippen molar-refractivity contribution in [2.75, 3.05) is 6.61 Å². The van der Waals surface area contributed by atoms with Gasteiger partial charge in [0, 0.05) is 23.4 Å². The number of rotatable bonds is 6. The SMILES string of the molecule is CCOC(=O)c1[nH]c(C)c(C(=O)C=Cc2ccc([N+](=O)[O-])cc2)c1C. The van der Waals surface area contributed by atoms with Gasteiger partial charge in [-0.15, -0.1) is 0 Å². The maximum absolute atomic E-state index is 12.5. The third-order valence-electron chi connectivity index (χ3n) is 3.69. The van der Waals surface area contributed by atoms with E-state index in [1.165, 1.54) is 18.2 Å². The molecule has 0 bridgehead atoms. The number of H-pyrrole nitrogens is 1. The molecular formula is C18H18N2O5. The first-order valence-corrected chi connectivity index (χ1v) is 7.68. The second-order valence-corrected chi connectivity index (χ2v) is 5.39. The Morgan fingerprint density at radius 2 is 1.88 bits per heavy atom. The molecule has 0 amide bonds. The van der Waals surface area contributed by atoms with Crippen molar-refractivity contribution in [1.82, 2.24) is 4.98 Å². The van der Waals surface area contributed by atoms with Crippen molar-refractivity contribution in [2.24, 2.45) is 0 Å². The maximum Gasteiger partial charge on any atom is 0.355 e. The van der Waals surface area contributed by atoms with E-state index in [0.717, 1.165) is 0 Å². The van der Waals surface area contributed by atoms with Gasteiger partial charge in [-0.3, -0.25) is 14.9 Å². The van der Waals surface area contributed by atoms with E-state index < -0.39 is 10.9 Å². The Morgan fingerprint density at radius 3 is 2.44 bits per heavy atom. The van der Waals surface area contributed by atoms with Gasteiger partial charge in [-0.25, -0.2) is 4.79 Å². The number of hydrogen-bond acceptors (Lipinski definition) is 5. The first kappa shape index (κ1) is 18.1. The smallest absolute Gasteiger partial charge is 0.355 e. The van der Waals surface area contributed by atoms with Gasteiger partial charge in [0.2, 0.25) is 0 Å². The lowest BCUT2D eigenvalue weighted by atomic mass is 10.0. The lowest BCUT2D eigenvalue weighted by Gasteiger charge is -2.00. The van der Waals surface area contributed by atoms with Crippen LogP contribution in [0.4, 0.5) is 5.69 Å². The molecule has 0 saturated carbocycles. The minimum atomic E-state index is -0.499. The molecule has 0 unspecified atom stereocenters. The number of nitro benzene ring substituents is 1. The number of nitrogens with zero attached hydrogens (tertiary/aromatic N) is 1. The molecule has 1 heterocycles. The molecule has 25 heavy (non-hydrogen) atoms. The number of nitrogens with one attached hydrogen (secondary N) is 1. The summed E-state index contributed by atoms with van der Waals surface area (Å²) in [6, 6.07) is 5.86. The molecule has 7 heteroatoms. The zero-order chi connectivity index (χ0) is 18.6. The summed E-state index contributed by atoms with van der Waals surface area (Å²) in [5.74, 6) is -0.762. The minimum absolute atomic E-state index is 0.0140. The number of aryl methyl sites for hydroxylation is 1. The number of nitro groups is 1. The zero-order valence-electron chi connectivity index (χ0n) is 14.2. The van der Waals surface area contributed by atoms with E-state index in [2.05, 4.69) is 4.98 Å². The summed E-state index contributed by atoms with van der Waals surface area (Å²) in [4.78, 5) is 37.4. The Morgan fingerprint density at radius 1 is 1.24 bits per heavy atom. The Bertz CT molecular complexity index is 847. The van der Waals surface area contributed by atoms with E-state index in [1.807, 2.05) is 0 Å². The summed E-state index contributed by atoms with van der Waals surface area (Å²) in [6.45, 7) is 5.35. The number of non-ortho nitro benzene ring substituents is 1. The summed E-state index contributed by atoms with van der Waals surface area (Å²) in [5.41, 5.74) is 2.45. The van der Waals surface area contributed by atoms with Crippen molar-refractivity contribution in [2.45, 2.75) is 20.8 Å². The molecular weight excluding hydrogens is 324 g/mol. The van der Waals surface area contributed by atoms with Crippen molar-refractivity contribution < 1.29 is 19.2 Å². The Hall–Kier alpha value is -3.22. The van der Waals surface area contributed by atoms with Crippen molar-refractivity contribution >= 4 is 23.5 Å². The van der Waals surface area contributed by atoms with E-state index in [4.69, 9.17) is 4.74 Å². The van der Waals surface area contributed by atoms with E-state index in [1.54, 1.807) is 39.0 Å². The Labute approximate surface area is 144 Å². The molecule has 0 aliphatic carbocycles. The number of allylic oxidation sites excluding steroid dienone is 1. The van der Waals surface area contributed by atoms with Crippen LogP contribution < -0.4 is 0 Å². The van der Waals surface area contributed by atoms with Gasteiger partial charge in [-0.2, -0.15) is 0 Å². The topological polar surface area (TPSA) is 102 Å². The Balaban J connectivity index is 2.23. The van der Waals surface area contributed by atoms with Crippen LogP contribution in [-0.2, 0) is 4.74 Å². The van der Waals surface area contributed by atoms with Crippen LogP contribution in [0.25, 0.3) is 6.08 Å². The number of ketones is 1. The first-order chi connectivity index (χ1) is 11.8. The number of carbonyl (C=O) groups excluding carboxylic acids is 2. The number of esters is 1. The van der Waals surface area contributed by atoms with Crippen molar-refractivity contribution in [3.05, 3.63) is 68.5 Å². The maximum atomic E-state index is 12.5. The summed E-state index contributed by atoms with van der Waals surface area (Å²) >= 11 is 0. The number of aromatic nitrogens is 1. The average molecular weight is 342 g/mol. The first-order valence-electron chi connectivity index (χ1n) is 7.68. The van der Waals surface area contributed by atoms with Crippen molar-refractivity contribution in [3.63, 3.8) is 0 Å². The second-order valence-electron chi connectivity index (χ2n) is 5.39. The van der Waals surface area contributed by atoms with Gasteiger partial charge in [0.05, 0.1) is 11.5 Å². The fourth-order valence-corrected chi connectivity index (χ4v) is 2.49. The molecule has 0 aliphatic heterocycles.